The van der Waals surface area contributed by atoms with Crippen molar-refractivity contribution >= 4 is 46.5 Å². The fourth-order valence-corrected chi connectivity index (χ4v) is 4.18. The summed E-state index contributed by atoms with van der Waals surface area (Å²) in [6.45, 7) is 61.9. The molecule has 11 aromatic heterocycles. The molecule has 96 heavy (non-hydrogen) atoms. The maximum absolute atomic E-state index is 4.62. The molecular formula is C62H117N25O5S4. The molecule has 544 valence electrons. The average Bonchev–Trinajstić information content (AvgIpc) is 3.10. The quantitative estimate of drug-likeness (QED) is 0.171. The Labute approximate surface area is 589 Å². The Balaban J connectivity index is -0.000000176. The lowest BCUT2D eigenvalue weighted by Crippen LogP contribution is -1.85. The molecule has 0 aliphatic carbocycles. The lowest BCUT2D eigenvalue weighted by atomic mass is 10.2. The van der Waals surface area contributed by atoms with Gasteiger partial charge in [0.05, 0.1) is 70.7 Å². The SMILES string of the molecule is CC(C)C.CC(C)C.CC(C)C.CC(C)C.CC(C)C.CC(C)C.CC(C)C.CC(C)c1cnon1.CC(C)c1cnsn1.CC(C)c1nnno1.CC(C)c1nnns1.c1cn[nH]c1.c1cnccn1.c1cnoc1.c1conn1.c1csnn1.c1nnon1.c1nnsn1. The van der Waals surface area contributed by atoms with Crippen LogP contribution in [-0.4, -0.2) is 124 Å². The van der Waals surface area contributed by atoms with Crippen LogP contribution in [0, 0.1) is 41.4 Å². The standard InChI is InChI=1S/C5H8N2O.C5H8N2S.C4H7N3O.C4H7N3S.C4H4N2.7C4H10.C3H4N2.C3H3NO.C2H2N2O.C2H2N2S.CHN3O.CHN3S/c2*1-4(2)5-3-6-8-7-5;2*1-3(2)4-5-6-7-8-4;1-2-6-4-3-5-1;7*1-4(2)3;2*1-2-4-5-3-1;2*1-2-5-4-3-1;2*1-2-4-5-3-1/h2*3-4H,1-2H3;2*3H,1-2H3;1-4H;7*4H,1-3H3;1-3H,(H,4,5);1-3H;2*1-2H;2*1H. The molecule has 34 heteroatoms. The maximum atomic E-state index is 4.62. The lowest BCUT2D eigenvalue weighted by Gasteiger charge is -1.92. The number of hydrogen-bond acceptors (Lipinski definition) is 33. The monoisotopic (exact) mass is 1420 g/mol. The van der Waals surface area contributed by atoms with E-state index in [1.165, 1.54) is 66.2 Å². The van der Waals surface area contributed by atoms with Gasteiger partial charge in [0.2, 0.25) is 0 Å². The molecule has 0 aromatic carbocycles. The molecular weight excluding hydrogens is 1300 g/mol. The molecule has 0 aliphatic rings. The lowest BCUT2D eigenvalue weighted by molar-refractivity contribution is 0.292. The summed E-state index contributed by atoms with van der Waals surface area (Å²) >= 11 is 5.08. The van der Waals surface area contributed by atoms with Gasteiger partial charge in [-0.2, -0.15) is 18.2 Å². The number of nitrogens with zero attached hydrogens (tertiary/aromatic N) is 24. The Kier molecular flexibility index (Phi) is 85.9. The van der Waals surface area contributed by atoms with Crippen molar-refractivity contribution in [2.45, 2.75) is 224 Å². The smallest absolute Gasteiger partial charge is 0.250 e. The molecule has 1 N–H and O–H groups in total. The first-order chi connectivity index (χ1) is 45.3. The molecule has 11 aromatic rings. The molecule has 30 nitrogen and oxygen atoms in total. The van der Waals surface area contributed by atoms with Crippen molar-refractivity contribution in [3.05, 3.63) is 133 Å². The number of rotatable bonds is 4. The first-order valence-electron chi connectivity index (χ1n) is 31.3. The van der Waals surface area contributed by atoms with Gasteiger partial charge in [-0.25, -0.2) is 9.26 Å². The average molecular weight is 1420 g/mol. The fourth-order valence-electron chi connectivity index (χ4n) is 2.70. The summed E-state index contributed by atoms with van der Waals surface area (Å²) in [5.74, 6) is 8.11. The third kappa shape index (κ3) is 120. The maximum Gasteiger partial charge on any atom is 0.250 e. The van der Waals surface area contributed by atoms with E-state index in [0.29, 0.717) is 23.6 Å². The number of H-pyrrole nitrogens is 1. The van der Waals surface area contributed by atoms with E-state index in [9.17, 15) is 0 Å². The van der Waals surface area contributed by atoms with Crippen molar-refractivity contribution in [1.82, 2.24) is 124 Å². The Morgan fingerprint density at radius 3 is 1.14 bits per heavy atom. The molecule has 11 heterocycles. The molecule has 0 unspecified atom stereocenters. The highest BCUT2D eigenvalue weighted by molar-refractivity contribution is 7.05. The predicted molar refractivity (Wildman–Crippen MR) is 385 cm³/mol. The fraction of sp³-hybridized carbons (Fsp3) is 0.645. The van der Waals surface area contributed by atoms with Gasteiger partial charge < -0.3 is 13.6 Å². The third-order valence-electron chi connectivity index (χ3n) is 5.81. The van der Waals surface area contributed by atoms with Crippen molar-refractivity contribution in [2.75, 3.05) is 0 Å². The van der Waals surface area contributed by atoms with Gasteiger partial charge in [-0.1, -0.05) is 240 Å². The van der Waals surface area contributed by atoms with E-state index < -0.39 is 0 Å². The summed E-state index contributed by atoms with van der Waals surface area (Å²) in [5, 5.41) is 59.4. The van der Waals surface area contributed by atoms with Crippen molar-refractivity contribution in [1.29, 1.82) is 0 Å². The number of nitrogens with one attached hydrogen (secondary N) is 1. The van der Waals surface area contributed by atoms with Gasteiger partial charge >= 0.3 is 0 Å². The van der Waals surface area contributed by atoms with Crippen LogP contribution in [-0.2, 0) is 0 Å². The van der Waals surface area contributed by atoms with Crippen LogP contribution in [0.5, 0.6) is 0 Å². The zero-order valence-corrected chi connectivity index (χ0v) is 65.9. The summed E-state index contributed by atoms with van der Waals surface area (Å²) in [6, 6.07) is 3.56. The van der Waals surface area contributed by atoms with Gasteiger partial charge in [-0.05, 0) is 86.6 Å². The van der Waals surface area contributed by atoms with Crippen molar-refractivity contribution < 1.29 is 22.8 Å². The minimum absolute atomic E-state index is 0.282. The van der Waals surface area contributed by atoms with Crippen LogP contribution < -0.4 is 0 Å². The number of aromatic amines is 1. The molecule has 11 rings (SSSR count). The number of hydrogen-bond donors (Lipinski definition) is 1. The van der Waals surface area contributed by atoms with Crippen LogP contribution >= 0.6 is 46.5 Å². The van der Waals surface area contributed by atoms with Crippen LogP contribution in [0.1, 0.15) is 247 Å². The summed E-state index contributed by atoms with van der Waals surface area (Å²) in [7, 11) is 0. The van der Waals surface area contributed by atoms with Gasteiger partial charge in [-0.15, -0.1) is 20.4 Å². The zero-order chi connectivity index (χ0) is 74.4. The molecule has 0 aliphatic heterocycles. The van der Waals surface area contributed by atoms with Crippen LogP contribution in [0.2, 0.25) is 0 Å². The summed E-state index contributed by atoms with van der Waals surface area (Å²) in [6.07, 6.45) is 23.7. The minimum atomic E-state index is 0.282. The second-order valence-electron chi connectivity index (χ2n) is 24.3. The van der Waals surface area contributed by atoms with Gasteiger partial charge in [0, 0.05) is 77.1 Å². The predicted octanol–water partition coefficient (Wildman–Crippen LogP) is 17.7. The highest BCUT2D eigenvalue weighted by Gasteiger charge is 2.04. The first-order valence-corrected chi connectivity index (χ1v) is 34.3. The Hall–Kier alpha value is -7.98. The van der Waals surface area contributed by atoms with Crippen molar-refractivity contribution in [2.24, 2.45) is 41.4 Å². The van der Waals surface area contributed by atoms with Gasteiger partial charge in [-0.3, -0.25) is 15.1 Å². The Morgan fingerprint density at radius 2 is 0.979 bits per heavy atom. The largest absolute Gasteiger partial charge is 0.365 e. The van der Waals surface area contributed by atoms with Crippen molar-refractivity contribution in [3.63, 3.8) is 0 Å². The van der Waals surface area contributed by atoms with Gasteiger partial charge in [0.15, 0.2) is 12.7 Å². The topological polar surface area (TPSA) is 391 Å². The molecule has 0 amide bonds. The highest BCUT2D eigenvalue weighted by Crippen LogP contribution is 2.12. The van der Waals surface area contributed by atoms with Crippen LogP contribution in [0.25, 0.3) is 0 Å². The summed E-state index contributed by atoms with van der Waals surface area (Å²) < 4.78 is 43.5. The van der Waals surface area contributed by atoms with E-state index in [-0.39, 0.29) is 5.92 Å². The molecule has 0 atom stereocenters. The second-order valence-corrected chi connectivity index (χ2v) is 26.8. The van der Waals surface area contributed by atoms with E-state index in [0.717, 1.165) is 69.5 Å². The second kappa shape index (κ2) is 81.3. The van der Waals surface area contributed by atoms with E-state index in [4.69, 9.17) is 0 Å². The summed E-state index contributed by atoms with van der Waals surface area (Å²) in [5.41, 5.74) is 2.00. The molecule has 0 bridgehead atoms. The first kappa shape index (κ1) is 102. The minimum Gasteiger partial charge on any atom is -0.365 e. The van der Waals surface area contributed by atoms with Crippen LogP contribution in [0.15, 0.2) is 134 Å². The van der Waals surface area contributed by atoms with E-state index in [1.54, 1.807) is 61.8 Å². The van der Waals surface area contributed by atoms with E-state index in [2.05, 4.69) is 320 Å². The molecule has 0 spiro atoms. The van der Waals surface area contributed by atoms with Crippen LogP contribution in [0.3, 0.4) is 0 Å². The zero-order valence-electron chi connectivity index (χ0n) is 62.7. The normalized spacial score (nSPS) is 9.08. The van der Waals surface area contributed by atoms with E-state index in [1.807, 2.05) is 45.3 Å². The van der Waals surface area contributed by atoms with Crippen LogP contribution in [0.4, 0.5) is 0 Å². The van der Waals surface area contributed by atoms with Gasteiger partial charge in [0.1, 0.15) is 23.2 Å². The number of aromatic nitrogens is 25. The van der Waals surface area contributed by atoms with Crippen molar-refractivity contribution in [3.8, 4) is 0 Å². The Bertz CT molecular complexity index is 2180. The summed E-state index contributed by atoms with van der Waals surface area (Å²) in [4.78, 5) is 7.44. The van der Waals surface area contributed by atoms with Gasteiger partial charge in [0.25, 0.3) is 5.89 Å². The highest BCUT2D eigenvalue weighted by atomic mass is 32.1. The molecule has 0 radical (unpaired) electrons. The molecule has 0 fully saturated rings. The molecule has 0 saturated carbocycles. The third-order valence-corrected chi connectivity index (χ3v) is 7.99. The molecule has 0 saturated heterocycles. The Morgan fingerprint density at radius 1 is 0.406 bits per heavy atom. The van der Waals surface area contributed by atoms with E-state index >= 15 is 0 Å².